The Morgan fingerprint density at radius 2 is 1.94 bits per heavy atom. The van der Waals surface area contributed by atoms with Crippen LogP contribution < -0.4 is 5.32 Å². The van der Waals surface area contributed by atoms with Gasteiger partial charge in [0.05, 0.1) is 3.79 Å². The summed E-state index contributed by atoms with van der Waals surface area (Å²) in [5.41, 5.74) is 1.35. The van der Waals surface area contributed by atoms with Crippen molar-refractivity contribution in [1.82, 2.24) is 5.32 Å². The Kier molecular flexibility index (Phi) is 4.79. The molecule has 0 radical (unpaired) electrons. The Labute approximate surface area is 123 Å². The first-order valence-electron chi connectivity index (χ1n) is 5.36. The zero-order valence-electron chi connectivity index (χ0n) is 9.41. The molecule has 0 saturated heterocycles. The normalized spacial score (nSPS) is 12.6. The molecule has 2 aromatic rings. The van der Waals surface area contributed by atoms with Crippen molar-refractivity contribution in [2.75, 3.05) is 7.05 Å². The van der Waals surface area contributed by atoms with Crippen LogP contribution in [-0.4, -0.2) is 7.05 Å². The fraction of sp³-hybridized carbons (Fsp3) is 0.231. The van der Waals surface area contributed by atoms with E-state index in [2.05, 4.69) is 73.6 Å². The number of hydrogen-bond donors (Lipinski definition) is 1. The lowest BCUT2D eigenvalue weighted by molar-refractivity contribution is 0.602. The Bertz CT molecular complexity index is 462. The summed E-state index contributed by atoms with van der Waals surface area (Å²) >= 11 is 8.85. The van der Waals surface area contributed by atoms with Crippen LogP contribution in [0.5, 0.6) is 0 Å². The van der Waals surface area contributed by atoms with Gasteiger partial charge in [0.2, 0.25) is 0 Å². The van der Waals surface area contributed by atoms with Gasteiger partial charge in [-0.05, 0) is 57.0 Å². The Morgan fingerprint density at radius 3 is 2.47 bits per heavy atom. The third-order valence-corrected chi connectivity index (χ3v) is 6.01. The van der Waals surface area contributed by atoms with E-state index in [1.54, 1.807) is 11.3 Å². The minimum Gasteiger partial charge on any atom is -0.312 e. The molecule has 0 aliphatic carbocycles. The van der Waals surface area contributed by atoms with Gasteiger partial charge >= 0.3 is 0 Å². The molecular weight excluding hydrogens is 362 g/mol. The molecule has 0 bridgehead atoms. The summed E-state index contributed by atoms with van der Waals surface area (Å²) in [5.74, 6) is 0. The van der Waals surface area contributed by atoms with Crippen molar-refractivity contribution in [3.63, 3.8) is 0 Å². The van der Waals surface area contributed by atoms with E-state index in [1.165, 1.54) is 10.4 Å². The van der Waals surface area contributed by atoms with E-state index in [0.717, 1.165) is 14.7 Å². The van der Waals surface area contributed by atoms with Gasteiger partial charge < -0.3 is 5.32 Å². The number of halogens is 2. The highest BCUT2D eigenvalue weighted by atomic mass is 79.9. The minimum absolute atomic E-state index is 0.366. The molecule has 0 amide bonds. The molecule has 0 spiro atoms. The molecule has 0 fully saturated rings. The average molecular weight is 375 g/mol. The Morgan fingerprint density at radius 1 is 1.24 bits per heavy atom. The number of hydrogen-bond acceptors (Lipinski definition) is 2. The molecule has 4 heteroatoms. The molecule has 90 valence electrons. The van der Waals surface area contributed by atoms with Crippen LogP contribution in [0.2, 0.25) is 0 Å². The number of thiophene rings is 1. The molecule has 1 atom stereocenters. The molecule has 1 aromatic heterocycles. The van der Waals surface area contributed by atoms with Crippen LogP contribution in [0.25, 0.3) is 0 Å². The fourth-order valence-corrected chi connectivity index (χ4v) is 3.93. The second-order valence-corrected chi connectivity index (χ2v) is 7.06. The van der Waals surface area contributed by atoms with Crippen molar-refractivity contribution in [1.29, 1.82) is 0 Å². The van der Waals surface area contributed by atoms with Crippen molar-refractivity contribution in [2.45, 2.75) is 12.5 Å². The molecule has 17 heavy (non-hydrogen) atoms. The largest absolute Gasteiger partial charge is 0.312 e. The minimum atomic E-state index is 0.366. The first kappa shape index (κ1) is 13.3. The fourth-order valence-electron chi connectivity index (χ4n) is 1.73. The summed E-state index contributed by atoms with van der Waals surface area (Å²) in [5, 5.41) is 3.38. The average Bonchev–Trinajstić information content (AvgIpc) is 2.68. The first-order valence-corrected chi connectivity index (χ1v) is 7.77. The summed E-state index contributed by atoms with van der Waals surface area (Å²) in [4.78, 5) is 1.34. The van der Waals surface area contributed by atoms with Crippen LogP contribution in [0, 0.1) is 0 Å². The van der Waals surface area contributed by atoms with Crippen molar-refractivity contribution < 1.29 is 0 Å². The standard InChI is InChI=1S/C13H13Br2NS/c1-16-11(7-9-5-3-2-4-6-9)12-8-10(14)13(15)17-12/h2-6,8,11,16H,7H2,1H3. The lowest BCUT2D eigenvalue weighted by Gasteiger charge is -2.14. The lowest BCUT2D eigenvalue weighted by atomic mass is 10.1. The van der Waals surface area contributed by atoms with Gasteiger partial charge in [0, 0.05) is 15.4 Å². The van der Waals surface area contributed by atoms with Gasteiger partial charge in [0.1, 0.15) is 0 Å². The molecule has 0 aliphatic rings. The van der Waals surface area contributed by atoms with Crippen LogP contribution in [0.1, 0.15) is 16.5 Å². The topological polar surface area (TPSA) is 12.0 Å². The molecular formula is C13H13Br2NS. The van der Waals surface area contributed by atoms with Crippen LogP contribution in [-0.2, 0) is 6.42 Å². The van der Waals surface area contributed by atoms with E-state index in [0.29, 0.717) is 6.04 Å². The highest BCUT2D eigenvalue weighted by Crippen LogP contribution is 2.36. The molecule has 1 nitrogen and oxygen atoms in total. The number of likely N-dealkylation sites (N-methyl/N-ethyl adjacent to an activating group) is 1. The molecule has 1 heterocycles. The summed E-state index contributed by atoms with van der Waals surface area (Å²) < 4.78 is 2.28. The molecule has 1 N–H and O–H groups in total. The maximum Gasteiger partial charge on any atom is 0.0843 e. The predicted molar refractivity (Wildman–Crippen MR) is 81.7 cm³/mol. The third-order valence-electron chi connectivity index (χ3n) is 2.64. The van der Waals surface area contributed by atoms with Gasteiger partial charge in [-0.2, -0.15) is 0 Å². The van der Waals surface area contributed by atoms with Gasteiger partial charge in [-0.25, -0.2) is 0 Å². The van der Waals surface area contributed by atoms with Crippen molar-refractivity contribution in [3.05, 3.63) is 55.1 Å². The summed E-state index contributed by atoms with van der Waals surface area (Å²) in [7, 11) is 2.01. The molecule has 0 saturated carbocycles. The number of rotatable bonds is 4. The second-order valence-electron chi connectivity index (χ2n) is 3.80. The van der Waals surface area contributed by atoms with Gasteiger partial charge in [-0.3, -0.25) is 0 Å². The lowest BCUT2D eigenvalue weighted by Crippen LogP contribution is -2.17. The summed E-state index contributed by atoms with van der Waals surface area (Å²) in [6.45, 7) is 0. The Balaban J connectivity index is 2.17. The van der Waals surface area contributed by atoms with E-state index >= 15 is 0 Å². The second kappa shape index (κ2) is 6.14. The van der Waals surface area contributed by atoms with Crippen molar-refractivity contribution >= 4 is 43.2 Å². The SMILES string of the molecule is CNC(Cc1ccccc1)c1cc(Br)c(Br)s1. The van der Waals surface area contributed by atoms with E-state index in [-0.39, 0.29) is 0 Å². The quantitative estimate of drug-likeness (QED) is 0.812. The van der Waals surface area contributed by atoms with E-state index < -0.39 is 0 Å². The summed E-state index contributed by atoms with van der Waals surface area (Å²) in [6.07, 6.45) is 1.01. The number of benzene rings is 1. The smallest absolute Gasteiger partial charge is 0.0843 e. The van der Waals surface area contributed by atoms with Crippen molar-refractivity contribution in [2.24, 2.45) is 0 Å². The third kappa shape index (κ3) is 3.41. The maximum absolute atomic E-state index is 3.54. The van der Waals surface area contributed by atoms with Gasteiger partial charge in [-0.1, -0.05) is 30.3 Å². The molecule has 0 aliphatic heterocycles. The molecule has 1 unspecified atom stereocenters. The van der Waals surface area contributed by atoms with Crippen LogP contribution in [0.15, 0.2) is 44.7 Å². The first-order chi connectivity index (χ1) is 8.20. The molecule has 1 aromatic carbocycles. The van der Waals surface area contributed by atoms with Gasteiger partial charge in [0.15, 0.2) is 0 Å². The van der Waals surface area contributed by atoms with E-state index in [4.69, 9.17) is 0 Å². The number of nitrogens with one attached hydrogen (secondary N) is 1. The monoisotopic (exact) mass is 373 g/mol. The maximum atomic E-state index is 3.54. The predicted octanol–water partition coefficient (Wildman–Crippen LogP) is 4.78. The Hall–Kier alpha value is -0.160. The van der Waals surface area contributed by atoms with Crippen LogP contribution in [0.4, 0.5) is 0 Å². The zero-order valence-corrected chi connectivity index (χ0v) is 13.4. The molecule has 2 rings (SSSR count). The van der Waals surface area contributed by atoms with Crippen molar-refractivity contribution in [3.8, 4) is 0 Å². The summed E-state index contributed by atoms with van der Waals surface area (Å²) in [6, 6.07) is 13.1. The van der Waals surface area contributed by atoms with Gasteiger partial charge in [-0.15, -0.1) is 11.3 Å². The van der Waals surface area contributed by atoms with Crippen LogP contribution >= 0.6 is 43.2 Å². The van der Waals surface area contributed by atoms with E-state index in [9.17, 15) is 0 Å². The zero-order chi connectivity index (χ0) is 12.3. The van der Waals surface area contributed by atoms with Gasteiger partial charge in [0.25, 0.3) is 0 Å². The van der Waals surface area contributed by atoms with Crippen LogP contribution in [0.3, 0.4) is 0 Å². The highest BCUT2D eigenvalue weighted by molar-refractivity contribution is 9.13. The highest BCUT2D eigenvalue weighted by Gasteiger charge is 2.14. The van der Waals surface area contributed by atoms with E-state index in [1.807, 2.05) is 7.05 Å².